The number of nitrogens with one attached hydrogen (secondary N) is 1. The molecule has 0 atom stereocenters. The summed E-state index contributed by atoms with van der Waals surface area (Å²) in [7, 11) is 0. The van der Waals surface area contributed by atoms with Gasteiger partial charge >= 0.3 is 0 Å². The minimum atomic E-state index is -0.418. The maximum Gasteiger partial charge on any atom is 0.257 e. The molecular weight excluding hydrogens is 184 g/mol. The van der Waals surface area contributed by atoms with Gasteiger partial charge < -0.3 is 5.32 Å². The van der Waals surface area contributed by atoms with Crippen molar-refractivity contribution < 1.29 is 14.4 Å². The Labute approximate surface area is 81.8 Å². The van der Waals surface area contributed by atoms with Crippen molar-refractivity contribution in [1.29, 1.82) is 0 Å². The zero-order chi connectivity index (χ0) is 10.7. The predicted molar refractivity (Wildman–Crippen MR) is 49.2 cm³/mol. The summed E-state index contributed by atoms with van der Waals surface area (Å²) in [5.41, 5.74) is 0.374. The highest BCUT2D eigenvalue weighted by molar-refractivity contribution is 6.17. The second-order valence-corrected chi connectivity index (χ2v) is 3.01. The number of imide groups is 1. The summed E-state index contributed by atoms with van der Waals surface area (Å²) >= 11 is 0. The Bertz CT molecular complexity index is 320. The van der Waals surface area contributed by atoms with Crippen LogP contribution in [0.2, 0.25) is 0 Å². The van der Waals surface area contributed by atoms with Gasteiger partial charge in [-0.2, -0.15) is 0 Å². The maximum atomic E-state index is 11.3. The van der Waals surface area contributed by atoms with Crippen LogP contribution in [0.4, 0.5) is 0 Å². The lowest BCUT2D eigenvalue weighted by atomic mass is 10.3. The Morgan fingerprint density at radius 2 is 2.14 bits per heavy atom. The molecule has 1 heterocycles. The van der Waals surface area contributed by atoms with Crippen molar-refractivity contribution in [2.45, 2.75) is 13.8 Å². The first kappa shape index (κ1) is 10.4. The number of hydrogen-bond acceptors (Lipinski definition) is 3. The van der Waals surface area contributed by atoms with Crippen LogP contribution in [0.3, 0.4) is 0 Å². The zero-order valence-electron chi connectivity index (χ0n) is 8.16. The summed E-state index contributed by atoms with van der Waals surface area (Å²) < 4.78 is 0. The first-order valence-electron chi connectivity index (χ1n) is 4.37. The number of carbonyl (C=O) groups excluding carboxylic acids is 3. The molecule has 5 heteroatoms. The first-order valence-corrected chi connectivity index (χ1v) is 4.37. The van der Waals surface area contributed by atoms with Gasteiger partial charge in [0.1, 0.15) is 6.54 Å². The van der Waals surface area contributed by atoms with E-state index in [9.17, 15) is 14.4 Å². The molecule has 0 aromatic rings. The molecular formula is C9H12N2O3. The first-order chi connectivity index (χ1) is 6.56. The molecule has 0 unspecified atom stereocenters. The average Bonchev–Trinajstić information content (AvgIpc) is 2.33. The number of amides is 3. The molecule has 0 saturated carbocycles. The molecule has 1 aliphatic rings. The number of rotatable bonds is 3. The monoisotopic (exact) mass is 196 g/mol. The van der Waals surface area contributed by atoms with E-state index in [-0.39, 0.29) is 18.4 Å². The number of nitrogens with zero attached hydrogens (tertiary/aromatic N) is 1. The Morgan fingerprint density at radius 1 is 1.50 bits per heavy atom. The fourth-order valence-electron chi connectivity index (χ4n) is 1.18. The molecule has 1 N–H and O–H groups in total. The molecule has 1 rings (SSSR count). The lowest BCUT2D eigenvalue weighted by Gasteiger charge is -2.13. The molecule has 3 amide bonds. The predicted octanol–water partition coefficient (Wildman–Crippen LogP) is -0.562. The molecule has 0 fully saturated rings. The normalized spacial score (nSPS) is 15.9. The van der Waals surface area contributed by atoms with Crippen molar-refractivity contribution in [3.63, 3.8) is 0 Å². The topological polar surface area (TPSA) is 66.5 Å². The third kappa shape index (κ3) is 1.99. The van der Waals surface area contributed by atoms with Gasteiger partial charge in [0.25, 0.3) is 11.8 Å². The van der Waals surface area contributed by atoms with Crippen LogP contribution in [-0.2, 0) is 14.4 Å². The van der Waals surface area contributed by atoms with Crippen molar-refractivity contribution in [1.82, 2.24) is 10.2 Å². The maximum absolute atomic E-state index is 11.3. The number of carbonyl (C=O) groups is 3. The quantitative estimate of drug-likeness (QED) is 0.615. The van der Waals surface area contributed by atoms with E-state index in [4.69, 9.17) is 0 Å². The van der Waals surface area contributed by atoms with Crippen LogP contribution in [0.15, 0.2) is 11.6 Å². The Balaban J connectivity index is 2.60. The van der Waals surface area contributed by atoms with E-state index >= 15 is 0 Å². The van der Waals surface area contributed by atoms with Crippen molar-refractivity contribution in [3.05, 3.63) is 11.6 Å². The molecule has 0 aromatic heterocycles. The van der Waals surface area contributed by atoms with Crippen molar-refractivity contribution in [2.75, 3.05) is 13.1 Å². The highest BCUT2D eigenvalue weighted by atomic mass is 16.2. The molecule has 0 aromatic carbocycles. The van der Waals surface area contributed by atoms with Crippen molar-refractivity contribution in [3.8, 4) is 0 Å². The highest BCUT2D eigenvalue weighted by Gasteiger charge is 2.29. The van der Waals surface area contributed by atoms with Gasteiger partial charge in [-0.25, -0.2) is 0 Å². The van der Waals surface area contributed by atoms with Crippen LogP contribution in [0.25, 0.3) is 0 Å². The van der Waals surface area contributed by atoms with Crippen LogP contribution in [0.5, 0.6) is 0 Å². The van der Waals surface area contributed by atoms with E-state index in [0.717, 1.165) is 4.90 Å². The fourth-order valence-corrected chi connectivity index (χ4v) is 1.18. The Morgan fingerprint density at radius 3 is 2.57 bits per heavy atom. The molecule has 0 saturated heterocycles. The summed E-state index contributed by atoms with van der Waals surface area (Å²) in [5, 5.41) is 2.52. The molecule has 1 aliphatic heterocycles. The average molecular weight is 196 g/mol. The van der Waals surface area contributed by atoms with Gasteiger partial charge in [-0.3, -0.25) is 19.3 Å². The van der Waals surface area contributed by atoms with Crippen molar-refractivity contribution >= 4 is 17.7 Å². The van der Waals surface area contributed by atoms with E-state index in [0.29, 0.717) is 12.1 Å². The second kappa shape index (κ2) is 4.04. The molecule has 76 valence electrons. The van der Waals surface area contributed by atoms with E-state index in [1.807, 2.05) is 0 Å². The second-order valence-electron chi connectivity index (χ2n) is 3.01. The lowest BCUT2D eigenvalue weighted by molar-refractivity contribution is -0.141. The van der Waals surface area contributed by atoms with Gasteiger partial charge in [0, 0.05) is 18.2 Å². The molecule has 0 radical (unpaired) electrons. The SMILES string of the molecule is CCNC(=O)CN1C(=O)C=C(C)C1=O. The van der Waals surface area contributed by atoms with Gasteiger partial charge in [-0.1, -0.05) is 0 Å². The Kier molecular flexibility index (Phi) is 3.01. The smallest absolute Gasteiger partial charge is 0.257 e. The van der Waals surface area contributed by atoms with Gasteiger partial charge in [0.15, 0.2) is 0 Å². The third-order valence-corrected chi connectivity index (χ3v) is 1.86. The number of likely N-dealkylation sites (N-methyl/N-ethyl adjacent to an activating group) is 1. The van der Waals surface area contributed by atoms with Crippen LogP contribution < -0.4 is 5.32 Å². The van der Waals surface area contributed by atoms with E-state index in [2.05, 4.69) is 5.32 Å². The standard InChI is InChI=1S/C9H12N2O3/c1-3-10-7(12)5-11-8(13)4-6(2)9(11)14/h4H,3,5H2,1-2H3,(H,10,12). The van der Waals surface area contributed by atoms with E-state index in [1.54, 1.807) is 13.8 Å². The van der Waals surface area contributed by atoms with Gasteiger partial charge in [-0.05, 0) is 13.8 Å². The number of hydrogen-bond donors (Lipinski definition) is 1. The lowest BCUT2D eigenvalue weighted by Crippen LogP contribution is -2.40. The third-order valence-electron chi connectivity index (χ3n) is 1.86. The zero-order valence-corrected chi connectivity index (χ0v) is 8.16. The Hall–Kier alpha value is -1.65. The molecule has 14 heavy (non-hydrogen) atoms. The van der Waals surface area contributed by atoms with Crippen LogP contribution in [-0.4, -0.2) is 35.7 Å². The van der Waals surface area contributed by atoms with E-state index < -0.39 is 5.91 Å². The van der Waals surface area contributed by atoms with Gasteiger partial charge in [-0.15, -0.1) is 0 Å². The summed E-state index contributed by atoms with van der Waals surface area (Å²) in [6.45, 7) is 3.62. The minimum Gasteiger partial charge on any atom is -0.355 e. The largest absolute Gasteiger partial charge is 0.355 e. The van der Waals surface area contributed by atoms with Crippen LogP contribution in [0, 0.1) is 0 Å². The van der Waals surface area contributed by atoms with Crippen LogP contribution >= 0.6 is 0 Å². The molecule has 0 bridgehead atoms. The fraction of sp³-hybridized carbons (Fsp3) is 0.444. The van der Waals surface area contributed by atoms with Gasteiger partial charge in [0.2, 0.25) is 5.91 Å². The molecule has 0 aliphatic carbocycles. The molecule has 5 nitrogen and oxygen atoms in total. The molecule has 0 spiro atoms. The van der Waals surface area contributed by atoms with Crippen LogP contribution in [0.1, 0.15) is 13.8 Å². The summed E-state index contributed by atoms with van der Waals surface area (Å²) in [4.78, 5) is 34.5. The summed E-state index contributed by atoms with van der Waals surface area (Å²) in [6.07, 6.45) is 1.24. The summed E-state index contributed by atoms with van der Waals surface area (Å²) in [6, 6.07) is 0. The summed E-state index contributed by atoms with van der Waals surface area (Å²) in [5.74, 6) is -1.13. The highest BCUT2D eigenvalue weighted by Crippen LogP contribution is 2.10. The minimum absolute atomic E-state index is 0.195. The van der Waals surface area contributed by atoms with E-state index in [1.165, 1.54) is 6.08 Å². The van der Waals surface area contributed by atoms with Crippen molar-refractivity contribution in [2.24, 2.45) is 0 Å². The van der Waals surface area contributed by atoms with Gasteiger partial charge in [0.05, 0.1) is 0 Å².